The number of halogens is 1. The fourth-order valence-electron chi connectivity index (χ4n) is 1.95. The van der Waals surface area contributed by atoms with Crippen LogP contribution in [0.1, 0.15) is 44.3 Å². The average molecular weight is 246 g/mol. The fourth-order valence-corrected chi connectivity index (χ4v) is 1.95. The second kappa shape index (κ2) is 6.21. The van der Waals surface area contributed by atoms with E-state index in [0.29, 0.717) is 11.8 Å². The minimum absolute atomic E-state index is 0. The molecule has 0 aromatic carbocycles. The standard InChI is InChI=1S/C11H19N3O.ClH/c1-8(2)7-10-13-11(14-15-10)9-3-5-12-6-4-9;/h8-9,12H,3-7H2,1-2H3;1H. The Labute approximate surface area is 103 Å². The Morgan fingerprint density at radius 1 is 1.38 bits per heavy atom. The van der Waals surface area contributed by atoms with Gasteiger partial charge in [-0.05, 0) is 31.8 Å². The van der Waals surface area contributed by atoms with Gasteiger partial charge in [0.1, 0.15) is 0 Å². The largest absolute Gasteiger partial charge is 0.339 e. The lowest BCUT2D eigenvalue weighted by atomic mass is 9.98. The quantitative estimate of drug-likeness (QED) is 0.887. The number of nitrogens with zero attached hydrogens (tertiary/aromatic N) is 2. The van der Waals surface area contributed by atoms with Crippen molar-refractivity contribution >= 4 is 12.4 Å². The smallest absolute Gasteiger partial charge is 0.226 e. The van der Waals surface area contributed by atoms with Crippen molar-refractivity contribution < 1.29 is 4.52 Å². The summed E-state index contributed by atoms with van der Waals surface area (Å²) < 4.78 is 5.25. The molecule has 4 nitrogen and oxygen atoms in total. The van der Waals surface area contributed by atoms with E-state index in [-0.39, 0.29) is 12.4 Å². The first-order chi connectivity index (χ1) is 7.25. The summed E-state index contributed by atoms with van der Waals surface area (Å²) >= 11 is 0. The summed E-state index contributed by atoms with van der Waals surface area (Å²) in [5, 5.41) is 7.42. The summed E-state index contributed by atoms with van der Waals surface area (Å²) in [7, 11) is 0. The van der Waals surface area contributed by atoms with Crippen LogP contribution in [-0.4, -0.2) is 23.2 Å². The Bertz CT molecular complexity index is 308. The Kier molecular flexibility index (Phi) is 5.22. The van der Waals surface area contributed by atoms with Crippen LogP contribution in [0.3, 0.4) is 0 Å². The third-order valence-electron chi connectivity index (χ3n) is 2.77. The summed E-state index contributed by atoms with van der Waals surface area (Å²) in [4.78, 5) is 4.47. The maximum Gasteiger partial charge on any atom is 0.226 e. The van der Waals surface area contributed by atoms with E-state index in [1.807, 2.05) is 0 Å². The van der Waals surface area contributed by atoms with E-state index in [1.165, 1.54) is 0 Å². The summed E-state index contributed by atoms with van der Waals surface area (Å²) in [6.07, 6.45) is 3.14. The number of rotatable bonds is 3. The van der Waals surface area contributed by atoms with Crippen LogP contribution < -0.4 is 5.32 Å². The summed E-state index contributed by atoms with van der Waals surface area (Å²) in [5.41, 5.74) is 0. The van der Waals surface area contributed by atoms with Crippen molar-refractivity contribution in [1.29, 1.82) is 0 Å². The molecule has 16 heavy (non-hydrogen) atoms. The first kappa shape index (κ1) is 13.5. The lowest BCUT2D eigenvalue weighted by molar-refractivity contribution is 0.349. The summed E-state index contributed by atoms with van der Waals surface area (Å²) in [6, 6.07) is 0. The second-order valence-corrected chi connectivity index (χ2v) is 4.67. The molecule has 0 saturated carbocycles. The molecule has 1 saturated heterocycles. The van der Waals surface area contributed by atoms with Crippen LogP contribution in [0.4, 0.5) is 0 Å². The van der Waals surface area contributed by atoms with Crippen LogP contribution in [0.2, 0.25) is 0 Å². The molecular weight excluding hydrogens is 226 g/mol. The van der Waals surface area contributed by atoms with E-state index >= 15 is 0 Å². The third-order valence-corrected chi connectivity index (χ3v) is 2.77. The van der Waals surface area contributed by atoms with Crippen LogP contribution in [0.5, 0.6) is 0 Å². The monoisotopic (exact) mass is 245 g/mol. The minimum Gasteiger partial charge on any atom is -0.339 e. The average Bonchev–Trinajstić information content (AvgIpc) is 2.67. The zero-order valence-corrected chi connectivity index (χ0v) is 10.7. The van der Waals surface area contributed by atoms with Crippen molar-refractivity contribution in [3.05, 3.63) is 11.7 Å². The van der Waals surface area contributed by atoms with Gasteiger partial charge in [0.2, 0.25) is 5.89 Å². The molecule has 5 heteroatoms. The molecule has 0 unspecified atom stereocenters. The van der Waals surface area contributed by atoms with Crippen molar-refractivity contribution in [3.8, 4) is 0 Å². The summed E-state index contributed by atoms with van der Waals surface area (Å²) in [6.45, 7) is 6.46. The van der Waals surface area contributed by atoms with Gasteiger partial charge in [0, 0.05) is 12.3 Å². The highest BCUT2D eigenvalue weighted by Gasteiger charge is 2.20. The van der Waals surface area contributed by atoms with E-state index in [2.05, 4.69) is 29.3 Å². The van der Waals surface area contributed by atoms with Gasteiger partial charge in [-0.2, -0.15) is 4.98 Å². The molecule has 0 atom stereocenters. The molecular formula is C11H20ClN3O. The topological polar surface area (TPSA) is 51.0 Å². The van der Waals surface area contributed by atoms with Gasteiger partial charge in [0.25, 0.3) is 0 Å². The van der Waals surface area contributed by atoms with Crippen LogP contribution in [0, 0.1) is 5.92 Å². The first-order valence-electron chi connectivity index (χ1n) is 5.79. The van der Waals surface area contributed by atoms with Gasteiger partial charge in [-0.25, -0.2) is 0 Å². The van der Waals surface area contributed by atoms with Crippen LogP contribution >= 0.6 is 12.4 Å². The number of nitrogens with one attached hydrogen (secondary N) is 1. The van der Waals surface area contributed by atoms with Crippen LogP contribution in [-0.2, 0) is 6.42 Å². The normalized spacial score (nSPS) is 17.4. The predicted octanol–water partition coefficient (Wildman–Crippen LogP) is 2.16. The lowest BCUT2D eigenvalue weighted by Crippen LogP contribution is -2.27. The number of piperidine rings is 1. The molecule has 1 fully saturated rings. The highest BCUT2D eigenvalue weighted by Crippen LogP contribution is 2.22. The summed E-state index contributed by atoms with van der Waals surface area (Å²) in [5.74, 6) is 2.77. The number of hydrogen-bond acceptors (Lipinski definition) is 4. The molecule has 2 rings (SSSR count). The molecule has 1 N–H and O–H groups in total. The number of aromatic nitrogens is 2. The maximum atomic E-state index is 5.25. The van der Waals surface area contributed by atoms with E-state index < -0.39 is 0 Å². The molecule has 92 valence electrons. The zero-order valence-electron chi connectivity index (χ0n) is 9.90. The van der Waals surface area contributed by atoms with E-state index in [0.717, 1.165) is 44.1 Å². The SMILES string of the molecule is CC(C)Cc1nc(C2CCNCC2)no1.Cl. The van der Waals surface area contributed by atoms with Gasteiger partial charge >= 0.3 is 0 Å². The Morgan fingerprint density at radius 2 is 2.06 bits per heavy atom. The predicted molar refractivity (Wildman–Crippen MR) is 64.9 cm³/mol. The lowest BCUT2D eigenvalue weighted by Gasteiger charge is -2.18. The van der Waals surface area contributed by atoms with Gasteiger partial charge < -0.3 is 9.84 Å². The zero-order chi connectivity index (χ0) is 10.7. The van der Waals surface area contributed by atoms with Gasteiger partial charge in [-0.3, -0.25) is 0 Å². The van der Waals surface area contributed by atoms with Gasteiger partial charge in [-0.15, -0.1) is 12.4 Å². The fraction of sp³-hybridized carbons (Fsp3) is 0.818. The molecule has 0 spiro atoms. The van der Waals surface area contributed by atoms with E-state index in [4.69, 9.17) is 4.52 Å². The minimum atomic E-state index is 0. The van der Waals surface area contributed by atoms with Crippen molar-refractivity contribution in [2.24, 2.45) is 5.92 Å². The molecule has 0 radical (unpaired) electrons. The highest BCUT2D eigenvalue weighted by atomic mass is 35.5. The maximum absolute atomic E-state index is 5.25. The molecule has 0 amide bonds. The van der Waals surface area contributed by atoms with Crippen molar-refractivity contribution in [1.82, 2.24) is 15.5 Å². The number of hydrogen-bond donors (Lipinski definition) is 1. The molecule has 0 bridgehead atoms. The Morgan fingerprint density at radius 3 is 2.69 bits per heavy atom. The first-order valence-corrected chi connectivity index (χ1v) is 5.79. The molecule has 1 aliphatic heterocycles. The van der Waals surface area contributed by atoms with E-state index in [1.54, 1.807) is 0 Å². The molecule has 0 aliphatic carbocycles. The molecule has 2 heterocycles. The van der Waals surface area contributed by atoms with E-state index in [9.17, 15) is 0 Å². The van der Waals surface area contributed by atoms with Crippen molar-refractivity contribution in [3.63, 3.8) is 0 Å². The molecule has 1 aromatic rings. The van der Waals surface area contributed by atoms with Crippen LogP contribution in [0.25, 0.3) is 0 Å². The van der Waals surface area contributed by atoms with Gasteiger partial charge in [0.15, 0.2) is 5.82 Å². The second-order valence-electron chi connectivity index (χ2n) is 4.67. The molecule has 1 aromatic heterocycles. The molecule has 1 aliphatic rings. The van der Waals surface area contributed by atoms with Gasteiger partial charge in [0.05, 0.1) is 0 Å². The van der Waals surface area contributed by atoms with Crippen LogP contribution in [0.15, 0.2) is 4.52 Å². The van der Waals surface area contributed by atoms with Gasteiger partial charge in [-0.1, -0.05) is 19.0 Å². The Hall–Kier alpha value is -0.610. The van der Waals surface area contributed by atoms with Crippen molar-refractivity contribution in [2.75, 3.05) is 13.1 Å². The third kappa shape index (κ3) is 3.46. The van der Waals surface area contributed by atoms with Crippen molar-refractivity contribution in [2.45, 2.75) is 39.0 Å². The highest BCUT2D eigenvalue weighted by molar-refractivity contribution is 5.85. The Balaban J connectivity index is 0.00000128.